The van der Waals surface area contributed by atoms with Crippen LogP contribution in [0, 0.1) is 5.92 Å². The van der Waals surface area contributed by atoms with Crippen molar-refractivity contribution in [3.8, 4) is 0 Å². The lowest BCUT2D eigenvalue weighted by molar-refractivity contribution is 0.118. The van der Waals surface area contributed by atoms with Gasteiger partial charge in [-0.2, -0.15) is 0 Å². The van der Waals surface area contributed by atoms with Gasteiger partial charge in [0.1, 0.15) is 0 Å². The molecule has 0 unspecified atom stereocenters. The smallest absolute Gasteiger partial charge is 0.0243 e. The van der Waals surface area contributed by atoms with Gasteiger partial charge < -0.3 is 0 Å². The molecule has 1 heterocycles. The summed E-state index contributed by atoms with van der Waals surface area (Å²) < 4.78 is 0. The van der Waals surface area contributed by atoms with Crippen molar-refractivity contribution in [1.29, 1.82) is 0 Å². The average Bonchev–Trinajstić information content (AvgIpc) is 2.71. The van der Waals surface area contributed by atoms with E-state index in [1.165, 1.54) is 51.6 Å². The van der Waals surface area contributed by atoms with Crippen molar-refractivity contribution in [3.05, 3.63) is 0 Å². The summed E-state index contributed by atoms with van der Waals surface area (Å²) >= 11 is 0. The summed E-state index contributed by atoms with van der Waals surface area (Å²) in [6.07, 6.45) is 8.49. The molecule has 1 aliphatic carbocycles. The molecule has 1 saturated heterocycles. The highest BCUT2D eigenvalue weighted by Crippen LogP contribution is 2.29. The Labute approximate surface area is 81.7 Å². The number of nitrogens with zero attached hydrogens (tertiary/aromatic N) is 1. The van der Waals surface area contributed by atoms with E-state index < -0.39 is 0 Å². The van der Waals surface area contributed by atoms with Crippen LogP contribution >= 0.6 is 0 Å². The molecule has 1 saturated carbocycles. The quantitative estimate of drug-likeness (QED) is 0.704. The topological polar surface area (TPSA) is 15.3 Å². The van der Waals surface area contributed by atoms with Crippen molar-refractivity contribution < 1.29 is 0 Å². The van der Waals surface area contributed by atoms with Crippen LogP contribution < -0.4 is 5.43 Å². The SMILES string of the molecule is CCC1CCC(N2CCCN2)CC1. The number of hydrogen-bond donors (Lipinski definition) is 1. The van der Waals surface area contributed by atoms with Gasteiger partial charge in [-0.05, 0) is 38.0 Å². The summed E-state index contributed by atoms with van der Waals surface area (Å²) in [5.41, 5.74) is 3.49. The zero-order valence-corrected chi connectivity index (χ0v) is 8.76. The highest BCUT2D eigenvalue weighted by atomic mass is 15.5. The molecule has 2 fully saturated rings. The fraction of sp³-hybridized carbons (Fsp3) is 1.00. The van der Waals surface area contributed by atoms with Crippen molar-refractivity contribution in [2.24, 2.45) is 5.92 Å². The van der Waals surface area contributed by atoms with Gasteiger partial charge in [-0.15, -0.1) is 0 Å². The van der Waals surface area contributed by atoms with Gasteiger partial charge in [-0.1, -0.05) is 13.3 Å². The molecule has 2 aliphatic rings. The molecule has 76 valence electrons. The lowest BCUT2D eigenvalue weighted by Crippen LogP contribution is -2.42. The van der Waals surface area contributed by atoms with E-state index in [-0.39, 0.29) is 0 Å². The highest BCUT2D eigenvalue weighted by molar-refractivity contribution is 4.79. The molecule has 1 aliphatic heterocycles. The maximum Gasteiger partial charge on any atom is 0.0243 e. The minimum atomic E-state index is 0.852. The molecule has 13 heavy (non-hydrogen) atoms. The van der Waals surface area contributed by atoms with Crippen molar-refractivity contribution >= 4 is 0 Å². The van der Waals surface area contributed by atoms with Gasteiger partial charge in [0, 0.05) is 19.1 Å². The Morgan fingerprint density at radius 2 is 2.00 bits per heavy atom. The first-order valence-electron chi connectivity index (χ1n) is 5.90. The second kappa shape index (κ2) is 4.43. The maximum atomic E-state index is 3.49. The van der Waals surface area contributed by atoms with Crippen LogP contribution in [-0.2, 0) is 0 Å². The van der Waals surface area contributed by atoms with E-state index in [9.17, 15) is 0 Å². The molecule has 0 aromatic heterocycles. The Bertz CT molecular complexity index is 144. The van der Waals surface area contributed by atoms with E-state index >= 15 is 0 Å². The Morgan fingerprint density at radius 1 is 1.23 bits per heavy atom. The molecule has 1 N–H and O–H groups in total. The van der Waals surface area contributed by atoms with Crippen LogP contribution in [-0.4, -0.2) is 24.1 Å². The summed E-state index contributed by atoms with van der Waals surface area (Å²) in [4.78, 5) is 0. The van der Waals surface area contributed by atoms with Crippen LogP contribution in [0.15, 0.2) is 0 Å². The highest BCUT2D eigenvalue weighted by Gasteiger charge is 2.26. The minimum Gasteiger partial charge on any atom is -0.255 e. The third kappa shape index (κ3) is 2.23. The standard InChI is InChI=1S/C11H22N2/c1-2-10-4-6-11(7-5-10)13-9-3-8-12-13/h10-12H,2-9H2,1H3. The van der Waals surface area contributed by atoms with Crippen molar-refractivity contribution in [1.82, 2.24) is 10.4 Å². The summed E-state index contributed by atoms with van der Waals surface area (Å²) in [6.45, 7) is 4.81. The Kier molecular flexibility index (Phi) is 3.23. The average molecular weight is 182 g/mol. The Balaban J connectivity index is 1.77. The van der Waals surface area contributed by atoms with Crippen LogP contribution in [0.5, 0.6) is 0 Å². The molecule has 0 atom stereocenters. The van der Waals surface area contributed by atoms with Crippen LogP contribution in [0.2, 0.25) is 0 Å². The molecule has 0 spiro atoms. The molecule has 2 rings (SSSR count). The Morgan fingerprint density at radius 3 is 2.54 bits per heavy atom. The maximum absolute atomic E-state index is 3.49. The third-order valence-electron chi connectivity index (χ3n) is 3.73. The van der Waals surface area contributed by atoms with Gasteiger partial charge in [-0.3, -0.25) is 5.43 Å². The molecule has 2 heteroatoms. The number of nitrogens with one attached hydrogen (secondary N) is 1. The van der Waals surface area contributed by atoms with E-state index in [0.717, 1.165) is 12.0 Å². The van der Waals surface area contributed by atoms with Gasteiger partial charge in [0.25, 0.3) is 0 Å². The second-order valence-corrected chi connectivity index (χ2v) is 4.54. The zero-order valence-electron chi connectivity index (χ0n) is 8.76. The van der Waals surface area contributed by atoms with Gasteiger partial charge in [0.2, 0.25) is 0 Å². The lowest BCUT2D eigenvalue weighted by atomic mass is 9.84. The van der Waals surface area contributed by atoms with Crippen LogP contribution in [0.25, 0.3) is 0 Å². The van der Waals surface area contributed by atoms with E-state index in [1.54, 1.807) is 0 Å². The van der Waals surface area contributed by atoms with Crippen molar-refractivity contribution in [2.45, 2.75) is 51.5 Å². The lowest BCUT2D eigenvalue weighted by Gasteiger charge is -2.33. The van der Waals surface area contributed by atoms with Crippen LogP contribution in [0.3, 0.4) is 0 Å². The minimum absolute atomic E-state index is 0.852. The molecular weight excluding hydrogens is 160 g/mol. The van der Waals surface area contributed by atoms with Gasteiger partial charge >= 0.3 is 0 Å². The molecule has 0 amide bonds. The normalized spacial score (nSPS) is 36.7. The van der Waals surface area contributed by atoms with Crippen molar-refractivity contribution in [2.75, 3.05) is 13.1 Å². The van der Waals surface area contributed by atoms with Crippen molar-refractivity contribution in [3.63, 3.8) is 0 Å². The fourth-order valence-corrected chi connectivity index (χ4v) is 2.73. The fourth-order valence-electron chi connectivity index (χ4n) is 2.73. The van der Waals surface area contributed by atoms with Gasteiger partial charge in [0.05, 0.1) is 0 Å². The summed E-state index contributed by atoms with van der Waals surface area (Å²) in [5, 5.41) is 2.49. The Hall–Kier alpha value is -0.0800. The number of hydrazine groups is 1. The largest absolute Gasteiger partial charge is 0.255 e. The van der Waals surface area contributed by atoms with E-state index in [0.29, 0.717) is 0 Å². The monoisotopic (exact) mass is 182 g/mol. The summed E-state index contributed by atoms with van der Waals surface area (Å²) in [6, 6.07) is 0.852. The number of hydrogen-bond acceptors (Lipinski definition) is 2. The first kappa shape index (κ1) is 9.47. The molecule has 2 nitrogen and oxygen atoms in total. The van der Waals surface area contributed by atoms with Crippen LogP contribution in [0.1, 0.15) is 45.4 Å². The van der Waals surface area contributed by atoms with E-state index in [2.05, 4.69) is 17.4 Å². The molecule has 0 radical (unpaired) electrons. The molecule has 0 aromatic rings. The van der Waals surface area contributed by atoms with Gasteiger partial charge in [-0.25, -0.2) is 5.01 Å². The van der Waals surface area contributed by atoms with E-state index in [1.807, 2.05) is 0 Å². The van der Waals surface area contributed by atoms with Gasteiger partial charge in [0.15, 0.2) is 0 Å². The van der Waals surface area contributed by atoms with E-state index in [4.69, 9.17) is 0 Å². The molecular formula is C11H22N2. The number of rotatable bonds is 2. The molecule has 0 aromatic carbocycles. The summed E-state index contributed by atoms with van der Waals surface area (Å²) in [5.74, 6) is 1.03. The third-order valence-corrected chi connectivity index (χ3v) is 3.73. The second-order valence-electron chi connectivity index (χ2n) is 4.54. The summed E-state index contributed by atoms with van der Waals surface area (Å²) in [7, 11) is 0. The van der Waals surface area contributed by atoms with Crippen LogP contribution in [0.4, 0.5) is 0 Å². The molecule has 0 bridgehead atoms. The first-order valence-corrected chi connectivity index (χ1v) is 5.90. The predicted molar refractivity (Wildman–Crippen MR) is 55.4 cm³/mol. The predicted octanol–water partition coefficient (Wildman–Crippen LogP) is 2.17. The first-order chi connectivity index (χ1) is 6.40. The zero-order chi connectivity index (χ0) is 9.10.